The van der Waals surface area contributed by atoms with Crippen molar-refractivity contribution < 1.29 is 28.2 Å². The van der Waals surface area contributed by atoms with E-state index < -0.39 is 22.2 Å². The Bertz CT molecular complexity index is 1590. The summed E-state index contributed by atoms with van der Waals surface area (Å²) in [4.78, 5) is 24.9. The molecule has 0 spiro atoms. The molecule has 206 valence electrons. The van der Waals surface area contributed by atoms with Crippen molar-refractivity contribution in [2.24, 2.45) is 0 Å². The number of hydrogen-bond acceptors (Lipinski definition) is 8. The highest BCUT2D eigenvalue weighted by molar-refractivity contribution is 7.92. The van der Waals surface area contributed by atoms with E-state index in [1.54, 1.807) is 36.5 Å². The number of aromatic nitrogens is 3. The topological polar surface area (TPSA) is 155 Å². The molecule has 4 aromatic rings. The molecule has 1 aliphatic rings. The number of aryl methyl sites for hydroxylation is 1. The summed E-state index contributed by atoms with van der Waals surface area (Å²) in [6, 6.07) is 17.1. The number of aliphatic hydroxyl groups is 1. The maximum atomic E-state index is 12.9. The summed E-state index contributed by atoms with van der Waals surface area (Å²) >= 11 is 0. The Morgan fingerprint density at radius 1 is 1.05 bits per heavy atom. The predicted octanol–water partition coefficient (Wildman–Crippen LogP) is 3.75. The zero-order chi connectivity index (χ0) is 28.1. The first kappa shape index (κ1) is 27.0. The van der Waals surface area contributed by atoms with Crippen molar-refractivity contribution >= 4 is 22.1 Å². The number of nitrogens with zero attached hydrogens (tertiary/aromatic N) is 4. The van der Waals surface area contributed by atoms with Crippen LogP contribution in [0.5, 0.6) is 5.75 Å². The van der Waals surface area contributed by atoms with Crippen LogP contribution in [-0.2, 0) is 16.4 Å². The summed E-state index contributed by atoms with van der Waals surface area (Å²) in [6.45, 7) is 0.00304. The molecule has 5 rings (SSSR count). The Labute approximate surface area is 231 Å². The Balaban J connectivity index is 1.27. The first-order chi connectivity index (χ1) is 19.3. The number of carbonyl (C=O) groups is 1. The minimum absolute atomic E-state index is 0.0126. The summed E-state index contributed by atoms with van der Waals surface area (Å²) in [5, 5.41) is 20.2. The molecular weight excluding hydrogens is 534 g/mol. The van der Waals surface area contributed by atoms with Crippen LogP contribution in [0.15, 0.2) is 90.3 Å². The number of ether oxygens (including phenoxy) is 1. The standard InChI is InChI=1S/C28H27N5O6S/c34-25(22-5-2-11-29-16-22)18-33(28(35)36)17-23-9-7-21-14-20(8-10-26(21)39-23)19-4-1-6-24(15-19)40(37,38)32-27-30-12-3-13-31-27/h1-6,8,10-16,23,25,34H,7,9,17-18H2,(H,35,36)(H,30,31,32)/t23-,25-/m1/s1. The molecule has 1 amide bonds. The third kappa shape index (κ3) is 6.35. The second-order valence-electron chi connectivity index (χ2n) is 9.30. The first-order valence-corrected chi connectivity index (χ1v) is 14.0. The molecule has 12 heteroatoms. The van der Waals surface area contributed by atoms with Crippen molar-refractivity contribution in [2.45, 2.75) is 29.9 Å². The highest BCUT2D eigenvalue weighted by Crippen LogP contribution is 2.33. The maximum Gasteiger partial charge on any atom is 0.407 e. The molecule has 2 atom stereocenters. The van der Waals surface area contributed by atoms with Gasteiger partial charge in [-0.1, -0.05) is 24.3 Å². The van der Waals surface area contributed by atoms with Crippen LogP contribution in [0.3, 0.4) is 0 Å². The number of pyridine rings is 1. The zero-order valence-electron chi connectivity index (χ0n) is 21.3. The Hall–Kier alpha value is -4.55. The molecule has 0 saturated heterocycles. The van der Waals surface area contributed by atoms with Gasteiger partial charge in [0.2, 0.25) is 5.95 Å². The highest BCUT2D eigenvalue weighted by Gasteiger charge is 2.27. The first-order valence-electron chi connectivity index (χ1n) is 12.5. The fraction of sp³-hybridized carbons (Fsp3) is 0.214. The molecule has 40 heavy (non-hydrogen) atoms. The van der Waals surface area contributed by atoms with Crippen LogP contribution in [0.4, 0.5) is 10.7 Å². The van der Waals surface area contributed by atoms with Gasteiger partial charge in [-0.25, -0.2) is 27.9 Å². The normalized spacial score (nSPS) is 15.4. The molecule has 0 aliphatic carbocycles. The molecule has 2 aromatic carbocycles. The van der Waals surface area contributed by atoms with Crippen LogP contribution in [0.1, 0.15) is 23.7 Å². The van der Waals surface area contributed by atoms with E-state index in [-0.39, 0.29) is 30.0 Å². The number of carboxylic acid groups (broad SMARTS) is 1. The quantitative estimate of drug-likeness (QED) is 0.277. The summed E-state index contributed by atoms with van der Waals surface area (Å²) in [5.41, 5.74) is 3.01. The number of nitrogens with one attached hydrogen (secondary N) is 1. The Morgan fingerprint density at radius 2 is 1.85 bits per heavy atom. The second-order valence-corrected chi connectivity index (χ2v) is 11.0. The van der Waals surface area contributed by atoms with Crippen molar-refractivity contribution in [1.29, 1.82) is 0 Å². The summed E-state index contributed by atoms with van der Waals surface area (Å²) in [7, 11) is -3.89. The average molecular weight is 562 g/mol. The molecule has 0 bridgehead atoms. The van der Waals surface area contributed by atoms with Gasteiger partial charge in [0.15, 0.2) is 0 Å². The van der Waals surface area contributed by atoms with Crippen molar-refractivity contribution in [3.63, 3.8) is 0 Å². The van der Waals surface area contributed by atoms with Crippen molar-refractivity contribution in [2.75, 3.05) is 17.8 Å². The molecule has 3 heterocycles. The smallest absolute Gasteiger partial charge is 0.407 e. The second kappa shape index (κ2) is 11.7. The monoisotopic (exact) mass is 561 g/mol. The van der Waals surface area contributed by atoms with Crippen LogP contribution in [0.2, 0.25) is 0 Å². The molecular formula is C28H27N5O6S. The number of sulfonamides is 1. The van der Waals surface area contributed by atoms with Gasteiger partial charge in [-0.3, -0.25) is 4.98 Å². The van der Waals surface area contributed by atoms with Gasteiger partial charge in [0, 0.05) is 30.4 Å². The molecule has 11 nitrogen and oxygen atoms in total. The number of rotatable bonds is 9. The SMILES string of the molecule is O=C(O)N(C[C@H]1CCc2cc(-c3cccc(S(=O)(=O)Nc4ncccn4)c3)ccc2O1)C[C@@H](O)c1cccnc1. The number of anilines is 1. The third-order valence-corrected chi connectivity index (χ3v) is 7.84. The lowest BCUT2D eigenvalue weighted by atomic mass is 9.97. The molecule has 0 radical (unpaired) electrons. The number of amides is 1. The zero-order valence-corrected chi connectivity index (χ0v) is 22.1. The molecule has 1 aliphatic heterocycles. The molecule has 0 saturated carbocycles. The van der Waals surface area contributed by atoms with E-state index in [0.29, 0.717) is 29.7 Å². The third-order valence-electron chi connectivity index (χ3n) is 6.52. The van der Waals surface area contributed by atoms with Crippen molar-refractivity contribution in [1.82, 2.24) is 19.9 Å². The lowest BCUT2D eigenvalue weighted by Gasteiger charge is -2.31. The van der Waals surface area contributed by atoms with Gasteiger partial charge >= 0.3 is 6.09 Å². The van der Waals surface area contributed by atoms with E-state index in [9.17, 15) is 23.4 Å². The van der Waals surface area contributed by atoms with E-state index in [0.717, 1.165) is 16.0 Å². The van der Waals surface area contributed by atoms with Gasteiger partial charge in [0.1, 0.15) is 11.9 Å². The number of benzene rings is 2. The van der Waals surface area contributed by atoms with Gasteiger partial charge in [-0.05, 0) is 65.9 Å². The highest BCUT2D eigenvalue weighted by atomic mass is 32.2. The minimum Gasteiger partial charge on any atom is -0.488 e. The van der Waals surface area contributed by atoms with Crippen molar-refractivity contribution in [3.8, 4) is 16.9 Å². The molecule has 0 unspecified atom stereocenters. The van der Waals surface area contributed by atoms with Crippen LogP contribution >= 0.6 is 0 Å². The van der Waals surface area contributed by atoms with E-state index >= 15 is 0 Å². The number of hydrogen-bond donors (Lipinski definition) is 3. The average Bonchev–Trinajstić information content (AvgIpc) is 2.97. The van der Waals surface area contributed by atoms with Crippen LogP contribution in [-0.4, -0.2) is 63.8 Å². The largest absolute Gasteiger partial charge is 0.488 e. The van der Waals surface area contributed by atoms with E-state index in [1.165, 1.54) is 24.7 Å². The van der Waals surface area contributed by atoms with Gasteiger partial charge in [-0.15, -0.1) is 0 Å². The lowest BCUT2D eigenvalue weighted by Crippen LogP contribution is -2.42. The van der Waals surface area contributed by atoms with Crippen LogP contribution in [0, 0.1) is 0 Å². The molecule has 0 fully saturated rings. The Morgan fingerprint density at radius 3 is 2.60 bits per heavy atom. The summed E-state index contributed by atoms with van der Waals surface area (Å²) in [6.07, 6.45) is 4.70. The number of fused-ring (bicyclic) bond motifs is 1. The fourth-order valence-corrected chi connectivity index (χ4v) is 5.49. The maximum absolute atomic E-state index is 12.9. The van der Waals surface area contributed by atoms with Crippen molar-refractivity contribution in [3.05, 3.63) is 96.6 Å². The van der Waals surface area contributed by atoms with E-state index in [1.807, 2.05) is 24.3 Å². The lowest BCUT2D eigenvalue weighted by molar-refractivity contribution is 0.0656. The van der Waals surface area contributed by atoms with Gasteiger partial charge in [-0.2, -0.15) is 0 Å². The Kier molecular flexibility index (Phi) is 7.89. The van der Waals surface area contributed by atoms with Gasteiger partial charge in [0.25, 0.3) is 10.0 Å². The molecule has 3 N–H and O–H groups in total. The summed E-state index contributed by atoms with van der Waals surface area (Å²) in [5.74, 6) is 0.631. The molecule has 2 aromatic heterocycles. The van der Waals surface area contributed by atoms with Gasteiger partial charge < -0.3 is 19.8 Å². The predicted molar refractivity (Wildman–Crippen MR) is 146 cm³/mol. The van der Waals surface area contributed by atoms with E-state index in [2.05, 4.69) is 19.7 Å². The fourth-order valence-electron chi connectivity index (χ4n) is 4.49. The number of aliphatic hydroxyl groups excluding tert-OH is 1. The van der Waals surface area contributed by atoms with E-state index in [4.69, 9.17) is 4.74 Å². The summed E-state index contributed by atoms with van der Waals surface area (Å²) < 4.78 is 34.2. The van der Waals surface area contributed by atoms with Gasteiger partial charge in [0.05, 0.1) is 24.1 Å². The van der Waals surface area contributed by atoms with Crippen LogP contribution < -0.4 is 9.46 Å². The van der Waals surface area contributed by atoms with Crippen LogP contribution in [0.25, 0.3) is 11.1 Å². The minimum atomic E-state index is -3.89.